The van der Waals surface area contributed by atoms with Crippen LogP contribution in [-0.2, 0) is 17.6 Å². The number of amides is 1. The summed E-state index contributed by atoms with van der Waals surface area (Å²) in [6.45, 7) is 0.295. The van der Waals surface area contributed by atoms with Crippen molar-refractivity contribution >= 4 is 11.9 Å². The standard InChI is InChI=1S/C17H18FN3O3/c18-11-6-8-12(9-7-11)21-14-4-1-3-13(14)16(20-21)17(24)19-10-2-5-15(22)23/h6-9H,1-5,10H2,(H,19,24)(H,22,23). The summed E-state index contributed by atoms with van der Waals surface area (Å²) in [4.78, 5) is 22.8. The van der Waals surface area contributed by atoms with Crippen LogP contribution in [0.2, 0.25) is 0 Å². The number of nitrogens with one attached hydrogen (secondary N) is 1. The van der Waals surface area contributed by atoms with Gasteiger partial charge in [-0.3, -0.25) is 9.59 Å². The lowest BCUT2D eigenvalue weighted by molar-refractivity contribution is -0.137. The summed E-state index contributed by atoms with van der Waals surface area (Å²) in [6.07, 6.45) is 2.96. The molecule has 24 heavy (non-hydrogen) atoms. The molecule has 0 saturated heterocycles. The summed E-state index contributed by atoms with van der Waals surface area (Å²) in [5.74, 6) is -1.50. The maximum Gasteiger partial charge on any atom is 0.303 e. The second-order valence-electron chi connectivity index (χ2n) is 5.77. The first-order valence-corrected chi connectivity index (χ1v) is 7.93. The van der Waals surface area contributed by atoms with Gasteiger partial charge in [-0.25, -0.2) is 9.07 Å². The van der Waals surface area contributed by atoms with Crippen LogP contribution in [0.25, 0.3) is 5.69 Å². The summed E-state index contributed by atoms with van der Waals surface area (Å²) in [5, 5.41) is 15.7. The van der Waals surface area contributed by atoms with Crippen molar-refractivity contribution in [2.75, 3.05) is 6.54 Å². The second kappa shape index (κ2) is 6.82. The molecule has 2 aromatic rings. The number of fused-ring (bicyclic) bond motifs is 1. The predicted octanol–water partition coefficient (Wildman–Crippen LogP) is 2.09. The highest BCUT2D eigenvalue weighted by Gasteiger charge is 2.26. The molecular weight excluding hydrogens is 313 g/mol. The van der Waals surface area contributed by atoms with E-state index in [0.29, 0.717) is 18.7 Å². The molecule has 0 spiro atoms. The van der Waals surface area contributed by atoms with Crippen molar-refractivity contribution in [2.45, 2.75) is 32.1 Å². The normalized spacial score (nSPS) is 12.9. The molecule has 1 aromatic carbocycles. The topological polar surface area (TPSA) is 84.2 Å². The minimum atomic E-state index is -0.884. The highest BCUT2D eigenvalue weighted by molar-refractivity contribution is 5.94. The number of aliphatic carboxylic acids is 1. The summed E-state index contributed by atoms with van der Waals surface area (Å²) in [6, 6.07) is 6.00. The number of carboxylic acid groups (broad SMARTS) is 1. The van der Waals surface area contributed by atoms with Gasteiger partial charge in [0.15, 0.2) is 5.69 Å². The Morgan fingerprint density at radius 2 is 2.00 bits per heavy atom. The van der Waals surface area contributed by atoms with Crippen molar-refractivity contribution in [1.82, 2.24) is 15.1 Å². The Labute approximate surface area is 138 Å². The van der Waals surface area contributed by atoms with Gasteiger partial charge < -0.3 is 10.4 Å². The van der Waals surface area contributed by atoms with Gasteiger partial charge in [-0.15, -0.1) is 0 Å². The third kappa shape index (κ3) is 3.29. The number of hydrogen-bond donors (Lipinski definition) is 2. The zero-order valence-electron chi connectivity index (χ0n) is 13.1. The van der Waals surface area contributed by atoms with Crippen LogP contribution in [0.3, 0.4) is 0 Å². The minimum Gasteiger partial charge on any atom is -0.481 e. The molecule has 1 aliphatic rings. The van der Waals surface area contributed by atoms with Crippen molar-refractivity contribution in [2.24, 2.45) is 0 Å². The third-order valence-electron chi connectivity index (χ3n) is 4.07. The number of nitrogens with zero attached hydrogens (tertiary/aromatic N) is 2. The van der Waals surface area contributed by atoms with Crippen molar-refractivity contribution < 1.29 is 19.1 Å². The number of carbonyl (C=O) groups is 2. The van der Waals surface area contributed by atoms with Crippen LogP contribution < -0.4 is 5.32 Å². The SMILES string of the molecule is O=C(O)CCCNC(=O)c1nn(-c2ccc(F)cc2)c2c1CCC2. The van der Waals surface area contributed by atoms with Crippen LogP contribution in [0.1, 0.15) is 41.0 Å². The Bertz CT molecular complexity index is 768. The molecule has 0 saturated carbocycles. The smallest absolute Gasteiger partial charge is 0.303 e. The maximum absolute atomic E-state index is 13.1. The molecule has 1 aromatic heterocycles. The van der Waals surface area contributed by atoms with E-state index in [1.807, 2.05) is 0 Å². The number of rotatable bonds is 6. The van der Waals surface area contributed by atoms with E-state index in [4.69, 9.17) is 5.11 Å². The van der Waals surface area contributed by atoms with Crippen molar-refractivity contribution in [3.8, 4) is 5.69 Å². The first kappa shape index (κ1) is 16.2. The van der Waals surface area contributed by atoms with Gasteiger partial charge in [-0.2, -0.15) is 5.10 Å². The predicted molar refractivity (Wildman–Crippen MR) is 84.8 cm³/mol. The van der Waals surface area contributed by atoms with Crippen LogP contribution in [0.5, 0.6) is 0 Å². The summed E-state index contributed by atoms with van der Waals surface area (Å²) in [5.41, 5.74) is 3.01. The van der Waals surface area contributed by atoms with Crippen LogP contribution in [0, 0.1) is 5.82 Å². The van der Waals surface area contributed by atoms with Gasteiger partial charge in [0, 0.05) is 24.2 Å². The first-order chi connectivity index (χ1) is 11.6. The van der Waals surface area contributed by atoms with Gasteiger partial charge >= 0.3 is 5.97 Å². The fourth-order valence-corrected chi connectivity index (χ4v) is 2.94. The lowest BCUT2D eigenvalue weighted by Crippen LogP contribution is -2.26. The molecule has 1 amide bonds. The van der Waals surface area contributed by atoms with Gasteiger partial charge in [-0.1, -0.05) is 0 Å². The number of hydrogen-bond acceptors (Lipinski definition) is 3. The number of carbonyl (C=O) groups excluding carboxylic acids is 1. The van der Waals surface area contributed by atoms with E-state index in [1.54, 1.807) is 16.8 Å². The molecule has 2 N–H and O–H groups in total. The van der Waals surface area contributed by atoms with Gasteiger partial charge in [0.1, 0.15) is 5.82 Å². The molecule has 0 bridgehead atoms. The molecule has 6 nitrogen and oxygen atoms in total. The minimum absolute atomic E-state index is 0.0163. The van der Waals surface area contributed by atoms with Crippen LogP contribution >= 0.6 is 0 Å². The molecule has 0 atom stereocenters. The van der Waals surface area contributed by atoms with Crippen molar-refractivity contribution in [1.29, 1.82) is 0 Å². The summed E-state index contributed by atoms with van der Waals surface area (Å²) in [7, 11) is 0. The van der Waals surface area contributed by atoms with Crippen molar-refractivity contribution in [3.63, 3.8) is 0 Å². The lowest BCUT2D eigenvalue weighted by Gasteiger charge is -2.05. The molecule has 1 aliphatic carbocycles. The number of halogens is 1. The Morgan fingerprint density at radius 3 is 2.71 bits per heavy atom. The Balaban J connectivity index is 1.79. The zero-order valence-corrected chi connectivity index (χ0v) is 13.1. The highest BCUT2D eigenvalue weighted by Crippen LogP contribution is 2.27. The average Bonchev–Trinajstić information content (AvgIpc) is 3.14. The summed E-state index contributed by atoms with van der Waals surface area (Å²) >= 11 is 0. The van der Waals surface area contributed by atoms with Gasteiger partial charge in [-0.05, 0) is 49.9 Å². The molecule has 126 valence electrons. The van der Waals surface area contributed by atoms with Crippen LogP contribution in [0.4, 0.5) is 4.39 Å². The first-order valence-electron chi connectivity index (χ1n) is 7.93. The number of carboxylic acids is 1. The number of aromatic nitrogens is 2. The zero-order chi connectivity index (χ0) is 17.1. The third-order valence-corrected chi connectivity index (χ3v) is 4.07. The molecule has 0 radical (unpaired) electrons. The molecular formula is C17H18FN3O3. The number of benzene rings is 1. The monoisotopic (exact) mass is 331 g/mol. The van der Waals surface area contributed by atoms with E-state index in [0.717, 1.165) is 36.2 Å². The molecule has 7 heteroatoms. The van der Waals surface area contributed by atoms with E-state index in [-0.39, 0.29) is 18.1 Å². The highest BCUT2D eigenvalue weighted by atomic mass is 19.1. The molecule has 0 aliphatic heterocycles. The fourth-order valence-electron chi connectivity index (χ4n) is 2.94. The van der Waals surface area contributed by atoms with Crippen molar-refractivity contribution in [3.05, 3.63) is 47.0 Å². The quantitative estimate of drug-likeness (QED) is 0.794. The van der Waals surface area contributed by atoms with Crippen LogP contribution in [-0.4, -0.2) is 33.3 Å². The van der Waals surface area contributed by atoms with E-state index < -0.39 is 5.97 Å². The fraction of sp³-hybridized carbons (Fsp3) is 0.353. The molecule has 1 heterocycles. The molecule has 3 rings (SSSR count). The summed E-state index contributed by atoms with van der Waals surface area (Å²) < 4.78 is 14.8. The molecule has 0 fully saturated rings. The van der Waals surface area contributed by atoms with Crippen LogP contribution in [0.15, 0.2) is 24.3 Å². The second-order valence-corrected chi connectivity index (χ2v) is 5.77. The van der Waals surface area contributed by atoms with E-state index in [2.05, 4.69) is 10.4 Å². The maximum atomic E-state index is 13.1. The Morgan fingerprint density at radius 1 is 1.25 bits per heavy atom. The lowest BCUT2D eigenvalue weighted by atomic mass is 10.2. The molecule has 0 unspecified atom stereocenters. The van der Waals surface area contributed by atoms with E-state index in [1.165, 1.54) is 12.1 Å². The van der Waals surface area contributed by atoms with Gasteiger partial charge in [0.05, 0.1) is 5.69 Å². The van der Waals surface area contributed by atoms with Gasteiger partial charge in [0.25, 0.3) is 5.91 Å². The Hall–Kier alpha value is -2.70. The average molecular weight is 331 g/mol. The van der Waals surface area contributed by atoms with E-state index >= 15 is 0 Å². The largest absolute Gasteiger partial charge is 0.481 e. The Kier molecular flexibility index (Phi) is 4.59. The van der Waals surface area contributed by atoms with Gasteiger partial charge in [0.2, 0.25) is 0 Å². The van der Waals surface area contributed by atoms with E-state index in [9.17, 15) is 14.0 Å².